The Balaban J connectivity index is 2.06. The lowest BCUT2D eigenvalue weighted by molar-refractivity contribution is -0.659. The summed E-state index contributed by atoms with van der Waals surface area (Å²) < 4.78 is 8.70. The first-order valence-electron chi connectivity index (χ1n) is 8.70. The van der Waals surface area contributed by atoms with E-state index in [4.69, 9.17) is 4.74 Å². The summed E-state index contributed by atoms with van der Waals surface area (Å²) in [6.07, 6.45) is 2.16. The molecule has 0 saturated carbocycles. The second kappa shape index (κ2) is 4.82. The monoisotopic (exact) mass is 326 g/mol. The minimum Gasteiger partial charge on any atom is -0.455 e. The van der Waals surface area contributed by atoms with Crippen LogP contribution in [0, 0.1) is 20.8 Å². The molecule has 0 N–H and O–H groups in total. The third kappa shape index (κ3) is 1.77. The van der Waals surface area contributed by atoms with Crippen molar-refractivity contribution < 1.29 is 9.30 Å². The van der Waals surface area contributed by atoms with Crippen LogP contribution in [0.2, 0.25) is 0 Å². The second-order valence-corrected chi connectivity index (χ2v) is 7.05. The largest absolute Gasteiger partial charge is 0.455 e. The van der Waals surface area contributed by atoms with Crippen LogP contribution in [-0.2, 0) is 7.05 Å². The van der Waals surface area contributed by atoms with Crippen LogP contribution >= 0.6 is 0 Å². The normalized spacial score (nSPS) is 12.3. The fourth-order valence-electron chi connectivity index (χ4n) is 4.26. The summed E-state index contributed by atoms with van der Waals surface area (Å²) in [6, 6.07) is 15.1. The Bertz CT molecular complexity index is 1200. The number of pyridine rings is 1. The van der Waals surface area contributed by atoms with E-state index in [0.717, 1.165) is 11.5 Å². The molecule has 0 atom stereocenters. The van der Waals surface area contributed by atoms with Crippen LogP contribution in [0.25, 0.3) is 32.8 Å². The number of benzene rings is 3. The first kappa shape index (κ1) is 14.5. The lowest BCUT2D eigenvalue weighted by Gasteiger charge is -2.24. The van der Waals surface area contributed by atoms with Crippen LogP contribution in [0.3, 0.4) is 0 Å². The van der Waals surface area contributed by atoms with Crippen molar-refractivity contribution in [1.29, 1.82) is 0 Å². The zero-order valence-corrected chi connectivity index (χ0v) is 15.0. The van der Waals surface area contributed by atoms with Crippen LogP contribution in [0.15, 0.2) is 48.7 Å². The van der Waals surface area contributed by atoms with Crippen molar-refractivity contribution in [2.45, 2.75) is 20.8 Å². The number of hydrogen-bond donors (Lipinski definition) is 0. The molecule has 0 spiro atoms. The third-order valence-electron chi connectivity index (χ3n) is 5.61. The maximum absolute atomic E-state index is 6.47. The van der Waals surface area contributed by atoms with Crippen molar-refractivity contribution in [3.63, 3.8) is 0 Å². The van der Waals surface area contributed by atoms with Gasteiger partial charge in [0.2, 0.25) is 5.69 Å². The number of hydrogen-bond acceptors (Lipinski definition) is 1. The van der Waals surface area contributed by atoms with Gasteiger partial charge in [-0.3, -0.25) is 0 Å². The molecule has 1 aromatic heterocycles. The highest BCUT2D eigenvalue weighted by Crippen LogP contribution is 2.50. The van der Waals surface area contributed by atoms with E-state index in [1.807, 2.05) is 0 Å². The predicted octanol–water partition coefficient (Wildman–Crippen LogP) is 5.52. The maximum atomic E-state index is 6.47. The van der Waals surface area contributed by atoms with Crippen molar-refractivity contribution in [3.8, 4) is 22.8 Å². The second-order valence-electron chi connectivity index (χ2n) is 7.05. The van der Waals surface area contributed by atoms with Crippen molar-refractivity contribution >= 4 is 21.5 Å². The number of ether oxygens (including phenoxy) is 1. The molecule has 0 aliphatic carbocycles. The number of aryl methyl sites for hydroxylation is 4. The summed E-state index contributed by atoms with van der Waals surface area (Å²) in [7, 11) is 2.12. The first-order chi connectivity index (χ1) is 12.1. The molecule has 0 fully saturated rings. The molecule has 2 heteroatoms. The standard InChI is InChI=1S/C23H20NO/c1-13-9-10-19-21-16(13)11-12-24(4)22(21)20-14(2)17-7-5-6-8-18(17)15(3)23(20)25-19/h5-12H,1-4H3/q+1. The van der Waals surface area contributed by atoms with E-state index < -0.39 is 0 Å². The minimum atomic E-state index is 0.956. The molecule has 25 heavy (non-hydrogen) atoms. The van der Waals surface area contributed by atoms with Gasteiger partial charge in [0, 0.05) is 17.0 Å². The Hall–Kier alpha value is -2.87. The highest BCUT2D eigenvalue weighted by molar-refractivity contribution is 6.07. The average Bonchev–Trinajstić information content (AvgIpc) is 2.63. The van der Waals surface area contributed by atoms with Gasteiger partial charge < -0.3 is 4.74 Å². The van der Waals surface area contributed by atoms with Crippen LogP contribution in [0.1, 0.15) is 16.7 Å². The highest BCUT2D eigenvalue weighted by atomic mass is 16.5. The zero-order valence-electron chi connectivity index (χ0n) is 15.0. The molecule has 0 unspecified atom stereocenters. The van der Waals surface area contributed by atoms with E-state index in [1.165, 1.54) is 49.5 Å². The van der Waals surface area contributed by atoms with Gasteiger partial charge in [-0.2, -0.15) is 0 Å². The van der Waals surface area contributed by atoms with Gasteiger partial charge in [-0.25, -0.2) is 4.57 Å². The van der Waals surface area contributed by atoms with Crippen LogP contribution in [0.4, 0.5) is 0 Å². The number of aromatic nitrogens is 1. The van der Waals surface area contributed by atoms with Gasteiger partial charge in [0.1, 0.15) is 18.5 Å². The molecule has 2 nitrogen and oxygen atoms in total. The number of fused-ring (bicyclic) bond motifs is 3. The molecule has 2 heterocycles. The summed E-state index contributed by atoms with van der Waals surface area (Å²) in [5.41, 5.74) is 6.25. The van der Waals surface area contributed by atoms with Crippen molar-refractivity contribution in [2.75, 3.05) is 0 Å². The summed E-state index contributed by atoms with van der Waals surface area (Å²) >= 11 is 0. The van der Waals surface area contributed by atoms with E-state index in [9.17, 15) is 0 Å². The lowest BCUT2D eigenvalue weighted by atomic mass is 9.89. The molecule has 5 rings (SSSR count). The fraction of sp³-hybridized carbons (Fsp3) is 0.174. The molecule has 1 aliphatic heterocycles. The number of rotatable bonds is 0. The Kier molecular flexibility index (Phi) is 2.79. The summed E-state index contributed by atoms with van der Waals surface area (Å²) in [5, 5.41) is 5.05. The topological polar surface area (TPSA) is 13.1 Å². The minimum absolute atomic E-state index is 0.956. The smallest absolute Gasteiger partial charge is 0.228 e. The molecule has 3 aromatic carbocycles. The Labute approximate surface area is 147 Å². The van der Waals surface area contributed by atoms with Gasteiger partial charge in [0.15, 0.2) is 6.20 Å². The zero-order chi connectivity index (χ0) is 17.3. The van der Waals surface area contributed by atoms with Crippen LogP contribution in [-0.4, -0.2) is 0 Å². The van der Waals surface area contributed by atoms with E-state index in [1.54, 1.807) is 0 Å². The van der Waals surface area contributed by atoms with E-state index >= 15 is 0 Å². The van der Waals surface area contributed by atoms with Gasteiger partial charge in [0.25, 0.3) is 0 Å². The molecule has 0 bridgehead atoms. The Morgan fingerprint density at radius 2 is 1.52 bits per heavy atom. The van der Waals surface area contributed by atoms with Gasteiger partial charge in [-0.1, -0.05) is 30.3 Å². The molecule has 0 amide bonds. The van der Waals surface area contributed by atoms with Crippen LogP contribution in [0.5, 0.6) is 11.5 Å². The molecular formula is C23H20NO+. The lowest BCUT2D eigenvalue weighted by Crippen LogP contribution is -2.32. The van der Waals surface area contributed by atoms with Gasteiger partial charge in [0.05, 0.1) is 10.9 Å². The summed E-state index contributed by atoms with van der Waals surface area (Å²) in [5.74, 6) is 1.95. The maximum Gasteiger partial charge on any atom is 0.228 e. The van der Waals surface area contributed by atoms with Crippen molar-refractivity contribution in [3.05, 3.63) is 65.4 Å². The first-order valence-corrected chi connectivity index (χ1v) is 8.70. The molecule has 0 saturated heterocycles. The summed E-state index contributed by atoms with van der Waals surface area (Å²) in [6.45, 7) is 6.54. The van der Waals surface area contributed by atoms with Crippen LogP contribution < -0.4 is 9.30 Å². The van der Waals surface area contributed by atoms with Gasteiger partial charge in [-0.15, -0.1) is 0 Å². The molecule has 1 aliphatic rings. The Morgan fingerprint density at radius 3 is 2.28 bits per heavy atom. The Morgan fingerprint density at radius 1 is 0.800 bits per heavy atom. The average molecular weight is 326 g/mol. The van der Waals surface area contributed by atoms with E-state index in [-0.39, 0.29) is 0 Å². The molecular weight excluding hydrogens is 306 g/mol. The van der Waals surface area contributed by atoms with Gasteiger partial charge >= 0.3 is 0 Å². The van der Waals surface area contributed by atoms with E-state index in [2.05, 4.69) is 81.0 Å². The number of nitrogens with zero attached hydrogens (tertiary/aromatic N) is 1. The third-order valence-corrected chi connectivity index (χ3v) is 5.61. The summed E-state index contributed by atoms with van der Waals surface area (Å²) in [4.78, 5) is 0. The fourth-order valence-corrected chi connectivity index (χ4v) is 4.26. The van der Waals surface area contributed by atoms with Crippen molar-refractivity contribution in [1.82, 2.24) is 0 Å². The van der Waals surface area contributed by atoms with E-state index in [0.29, 0.717) is 0 Å². The predicted molar refractivity (Wildman–Crippen MR) is 102 cm³/mol. The van der Waals surface area contributed by atoms with Crippen molar-refractivity contribution in [2.24, 2.45) is 7.05 Å². The molecule has 122 valence electrons. The highest BCUT2D eigenvalue weighted by Gasteiger charge is 2.31. The molecule has 0 radical (unpaired) electrons. The SMILES string of the molecule is Cc1c2c(c(C)c3ccccc13)-c1c3c(ccc(C)c3cc[n+]1C)O2. The molecule has 4 aromatic rings. The quantitative estimate of drug-likeness (QED) is 0.342. The van der Waals surface area contributed by atoms with Gasteiger partial charge in [-0.05, 0) is 48.7 Å².